The highest BCUT2D eigenvalue weighted by atomic mass is 13.9. The molecule has 0 saturated heterocycles. The Bertz CT molecular complexity index is 129. The quantitative estimate of drug-likeness (QED) is 0.401. The summed E-state index contributed by atoms with van der Waals surface area (Å²) >= 11 is 0. The van der Waals surface area contributed by atoms with Gasteiger partial charge < -0.3 is 0 Å². The Hall–Kier alpha value is -0.780. The van der Waals surface area contributed by atoms with Crippen molar-refractivity contribution in [3.8, 4) is 0 Å². The van der Waals surface area contributed by atoms with E-state index in [0.717, 1.165) is 19.3 Å². The van der Waals surface area contributed by atoms with Gasteiger partial charge in [-0.1, -0.05) is 37.3 Å². The third kappa shape index (κ3) is 4.13. The number of hydrogen-bond acceptors (Lipinski definition) is 0. The third-order valence-corrected chi connectivity index (χ3v) is 1.48. The molecule has 0 aliphatic carbocycles. The van der Waals surface area contributed by atoms with Gasteiger partial charge in [0.2, 0.25) is 0 Å². The molecule has 56 valence electrons. The molecule has 0 heterocycles. The van der Waals surface area contributed by atoms with E-state index in [1.165, 1.54) is 5.57 Å². The minimum atomic E-state index is 1.08. The molecule has 0 atom stereocenters. The molecule has 0 saturated carbocycles. The second-order valence-electron chi connectivity index (χ2n) is 2.24. The summed E-state index contributed by atoms with van der Waals surface area (Å²) in [5, 5.41) is 0. The predicted molar refractivity (Wildman–Crippen MR) is 48.0 cm³/mol. The maximum Gasteiger partial charge on any atom is -0.0283 e. The molecular formula is C10H16. The van der Waals surface area contributed by atoms with E-state index in [9.17, 15) is 0 Å². The molecule has 0 unspecified atom stereocenters. The van der Waals surface area contributed by atoms with Crippen molar-refractivity contribution in [3.63, 3.8) is 0 Å². The maximum atomic E-state index is 3.67. The first-order chi connectivity index (χ1) is 4.85. The molecule has 0 aliphatic heterocycles. The topological polar surface area (TPSA) is 0 Å². The minimum Gasteiger partial charge on any atom is -0.103 e. The molecule has 0 bridgehead atoms. The summed E-state index contributed by atoms with van der Waals surface area (Å²) < 4.78 is 0. The zero-order valence-corrected chi connectivity index (χ0v) is 6.77. The summed E-state index contributed by atoms with van der Waals surface area (Å²) in [6.07, 6.45) is 9.22. The van der Waals surface area contributed by atoms with E-state index in [4.69, 9.17) is 0 Å². The SMILES string of the molecule is C=CC=C(CC)CCC=C. The van der Waals surface area contributed by atoms with Gasteiger partial charge in [0, 0.05) is 0 Å². The van der Waals surface area contributed by atoms with Gasteiger partial charge >= 0.3 is 0 Å². The van der Waals surface area contributed by atoms with E-state index in [2.05, 4.69) is 26.2 Å². The minimum absolute atomic E-state index is 1.08. The van der Waals surface area contributed by atoms with E-state index in [-0.39, 0.29) is 0 Å². The fourth-order valence-corrected chi connectivity index (χ4v) is 0.832. The molecule has 0 amide bonds. The highest BCUT2D eigenvalue weighted by molar-refractivity contribution is 5.10. The molecule has 0 aliphatic rings. The summed E-state index contributed by atoms with van der Waals surface area (Å²) in [6.45, 7) is 9.49. The summed E-state index contributed by atoms with van der Waals surface area (Å²) in [6, 6.07) is 0. The molecule has 0 aromatic heterocycles. The van der Waals surface area contributed by atoms with Crippen molar-refractivity contribution >= 4 is 0 Å². The van der Waals surface area contributed by atoms with Crippen LogP contribution >= 0.6 is 0 Å². The lowest BCUT2D eigenvalue weighted by Gasteiger charge is -1.98. The highest BCUT2D eigenvalue weighted by Crippen LogP contribution is 2.08. The summed E-state index contributed by atoms with van der Waals surface area (Å²) in [5.74, 6) is 0. The highest BCUT2D eigenvalue weighted by Gasteiger charge is 1.88. The fraction of sp³-hybridized carbons (Fsp3) is 0.400. The summed E-state index contributed by atoms with van der Waals surface area (Å²) in [5.41, 5.74) is 1.45. The van der Waals surface area contributed by atoms with Crippen molar-refractivity contribution < 1.29 is 0 Å². The van der Waals surface area contributed by atoms with Crippen LogP contribution in [0.1, 0.15) is 26.2 Å². The van der Waals surface area contributed by atoms with Crippen molar-refractivity contribution in [1.29, 1.82) is 0 Å². The van der Waals surface area contributed by atoms with E-state index >= 15 is 0 Å². The van der Waals surface area contributed by atoms with Crippen LogP contribution in [0.4, 0.5) is 0 Å². The third-order valence-electron chi connectivity index (χ3n) is 1.48. The molecule has 0 N–H and O–H groups in total. The Morgan fingerprint density at radius 2 is 2.10 bits per heavy atom. The van der Waals surface area contributed by atoms with Crippen molar-refractivity contribution in [2.24, 2.45) is 0 Å². The first kappa shape index (κ1) is 9.22. The van der Waals surface area contributed by atoms with Crippen LogP contribution in [0, 0.1) is 0 Å². The zero-order valence-electron chi connectivity index (χ0n) is 6.77. The van der Waals surface area contributed by atoms with Crippen molar-refractivity contribution in [1.82, 2.24) is 0 Å². The molecular weight excluding hydrogens is 120 g/mol. The summed E-state index contributed by atoms with van der Waals surface area (Å²) in [4.78, 5) is 0. The van der Waals surface area contributed by atoms with Crippen LogP contribution in [0.3, 0.4) is 0 Å². The molecule has 10 heavy (non-hydrogen) atoms. The van der Waals surface area contributed by atoms with Crippen molar-refractivity contribution in [2.45, 2.75) is 26.2 Å². The second kappa shape index (κ2) is 6.34. The maximum absolute atomic E-state index is 3.67. The fourth-order valence-electron chi connectivity index (χ4n) is 0.832. The monoisotopic (exact) mass is 136 g/mol. The van der Waals surface area contributed by atoms with Gasteiger partial charge in [-0.25, -0.2) is 0 Å². The van der Waals surface area contributed by atoms with Crippen LogP contribution in [-0.2, 0) is 0 Å². The van der Waals surface area contributed by atoms with Crippen molar-refractivity contribution in [3.05, 3.63) is 37.0 Å². The first-order valence-corrected chi connectivity index (χ1v) is 3.76. The average molecular weight is 136 g/mol. The average Bonchev–Trinajstić information content (AvgIpc) is 1.98. The number of hydrogen-bond donors (Lipinski definition) is 0. The van der Waals surface area contributed by atoms with E-state index in [1.807, 2.05) is 12.2 Å². The standard InChI is InChI=1S/C10H16/c1-4-7-9-10(6-3)8-5-2/h4-5,8H,1-2,6-7,9H2,3H3. The van der Waals surface area contributed by atoms with Crippen LogP contribution in [0.15, 0.2) is 37.0 Å². The normalized spacial score (nSPS) is 11.1. The zero-order chi connectivity index (χ0) is 7.82. The molecule has 0 aromatic carbocycles. The largest absolute Gasteiger partial charge is 0.103 e. The number of allylic oxidation sites excluding steroid dienone is 4. The van der Waals surface area contributed by atoms with Crippen LogP contribution in [-0.4, -0.2) is 0 Å². The van der Waals surface area contributed by atoms with Crippen molar-refractivity contribution in [2.75, 3.05) is 0 Å². The Labute approximate surface area is 64.0 Å². The first-order valence-electron chi connectivity index (χ1n) is 3.76. The Morgan fingerprint density at radius 3 is 2.50 bits per heavy atom. The molecule has 0 fully saturated rings. The van der Waals surface area contributed by atoms with Gasteiger partial charge in [0.25, 0.3) is 0 Å². The van der Waals surface area contributed by atoms with Gasteiger partial charge in [0.15, 0.2) is 0 Å². The van der Waals surface area contributed by atoms with Gasteiger partial charge in [-0.15, -0.1) is 6.58 Å². The van der Waals surface area contributed by atoms with Crippen LogP contribution in [0.5, 0.6) is 0 Å². The predicted octanol–water partition coefficient (Wildman–Crippen LogP) is 3.48. The second-order valence-corrected chi connectivity index (χ2v) is 2.24. The summed E-state index contributed by atoms with van der Waals surface area (Å²) in [7, 11) is 0. The van der Waals surface area contributed by atoms with Crippen LogP contribution in [0.2, 0.25) is 0 Å². The molecule has 0 nitrogen and oxygen atoms in total. The van der Waals surface area contributed by atoms with Gasteiger partial charge in [0.1, 0.15) is 0 Å². The lowest BCUT2D eigenvalue weighted by Crippen LogP contribution is -1.78. The van der Waals surface area contributed by atoms with Gasteiger partial charge in [-0.3, -0.25) is 0 Å². The van der Waals surface area contributed by atoms with Gasteiger partial charge in [0.05, 0.1) is 0 Å². The molecule has 0 rings (SSSR count). The van der Waals surface area contributed by atoms with Crippen LogP contribution in [0.25, 0.3) is 0 Å². The Kier molecular flexibility index (Phi) is 5.85. The lowest BCUT2D eigenvalue weighted by atomic mass is 10.1. The van der Waals surface area contributed by atoms with Gasteiger partial charge in [-0.05, 0) is 19.3 Å². The van der Waals surface area contributed by atoms with E-state index in [0.29, 0.717) is 0 Å². The smallest absolute Gasteiger partial charge is 0.0283 e. The van der Waals surface area contributed by atoms with E-state index in [1.54, 1.807) is 0 Å². The van der Waals surface area contributed by atoms with Gasteiger partial charge in [-0.2, -0.15) is 0 Å². The van der Waals surface area contributed by atoms with E-state index < -0.39 is 0 Å². The molecule has 0 aromatic rings. The Balaban J connectivity index is 3.70. The van der Waals surface area contributed by atoms with Crippen LogP contribution < -0.4 is 0 Å². The molecule has 0 radical (unpaired) electrons. The number of rotatable bonds is 5. The molecule has 0 heteroatoms. The molecule has 0 spiro atoms. The Morgan fingerprint density at radius 1 is 1.40 bits per heavy atom. The lowest BCUT2D eigenvalue weighted by molar-refractivity contribution is 0.910.